The molecule has 0 saturated carbocycles. The van der Waals surface area contributed by atoms with Crippen molar-refractivity contribution < 1.29 is 9.47 Å². The molecule has 1 aromatic rings. The van der Waals surface area contributed by atoms with Crippen LogP contribution in [-0.4, -0.2) is 53.7 Å². The van der Waals surface area contributed by atoms with Crippen molar-refractivity contribution in [2.75, 3.05) is 33.5 Å². The minimum atomic E-state index is 0.143. The van der Waals surface area contributed by atoms with Crippen LogP contribution in [0.4, 0.5) is 0 Å². The zero-order chi connectivity index (χ0) is 12.5. The fourth-order valence-electron chi connectivity index (χ4n) is 1.40. The molecule has 1 rings (SSSR count). The van der Waals surface area contributed by atoms with E-state index in [1.807, 2.05) is 13.8 Å². The fourth-order valence-corrected chi connectivity index (χ4v) is 1.40. The highest BCUT2D eigenvalue weighted by atomic mass is 16.5. The summed E-state index contributed by atoms with van der Waals surface area (Å²) in [5.41, 5.74) is 0. The van der Waals surface area contributed by atoms with Gasteiger partial charge in [-0.15, -0.1) is 5.10 Å². The largest absolute Gasteiger partial charge is 0.383 e. The highest BCUT2D eigenvalue weighted by Crippen LogP contribution is 2.05. The van der Waals surface area contributed by atoms with Crippen molar-refractivity contribution in [3.05, 3.63) is 5.82 Å². The number of methoxy groups -OCH3 is 1. The van der Waals surface area contributed by atoms with E-state index in [1.165, 1.54) is 0 Å². The van der Waals surface area contributed by atoms with E-state index in [4.69, 9.17) is 9.47 Å². The Morgan fingerprint density at radius 2 is 2.29 bits per heavy atom. The van der Waals surface area contributed by atoms with Crippen molar-refractivity contribution in [3.63, 3.8) is 0 Å². The predicted octanol–water partition coefficient (Wildman–Crippen LogP) is 0.00660. The average Bonchev–Trinajstić information content (AvgIpc) is 2.80. The Labute approximate surface area is 101 Å². The molecule has 0 fully saturated rings. The Morgan fingerprint density at radius 3 is 3.00 bits per heavy atom. The first-order chi connectivity index (χ1) is 8.29. The normalized spacial score (nSPS) is 12.9. The van der Waals surface area contributed by atoms with Gasteiger partial charge in [0.05, 0.1) is 25.8 Å². The molecule has 0 saturated heterocycles. The van der Waals surface area contributed by atoms with E-state index in [0.717, 1.165) is 12.4 Å². The quantitative estimate of drug-likeness (QED) is 0.616. The van der Waals surface area contributed by atoms with Crippen molar-refractivity contribution >= 4 is 0 Å². The lowest BCUT2D eigenvalue weighted by molar-refractivity contribution is 0.113. The Kier molecular flexibility index (Phi) is 6.68. The summed E-state index contributed by atoms with van der Waals surface area (Å²) in [4.78, 5) is 0. The lowest BCUT2D eigenvalue weighted by Gasteiger charge is -2.13. The number of nitrogens with zero attached hydrogens (tertiary/aromatic N) is 4. The maximum Gasteiger partial charge on any atom is 0.165 e. The highest BCUT2D eigenvalue weighted by molar-refractivity contribution is 4.82. The smallest absolute Gasteiger partial charge is 0.165 e. The summed E-state index contributed by atoms with van der Waals surface area (Å²) in [6.07, 6.45) is 0. The molecule has 1 heterocycles. The van der Waals surface area contributed by atoms with E-state index in [9.17, 15) is 0 Å². The molecule has 1 unspecified atom stereocenters. The van der Waals surface area contributed by atoms with Crippen LogP contribution < -0.4 is 5.32 Å². The lowest BCUT2D eigenvalue weighted by Crippen LogP contribution is -2.23. The Morgan fingerprint density at radius 1 is 1.47 bits per heavy atom. The average molecular weight is 243 g/mol. The zero-order valence-corrected chi connectivity index (χ0v) is 10.7. The molecule has 1 atom stereocenters. The van der Waals surface area contributed by atoms with Crippen molar-refractivity contribution in [1.82, 2.24) is 25.5 Å². The number of hydrogen-bond acceptors (Lipinski definition) is 6. The first kappa shape index (κ1) is 14.0. The van der Waals surface area contributed by atoms with Gasteiger partial charge in [0.2, 0.25) is 0 Å². The molecule has 0 aliphatic heterocycles. The fraction of sp³-hybridized carbons (Fsp3) is 0.900. The van der Waals surface area contributed by atoms with Gasteiger partial charge in [-0.25, -0.2) is 4.68 Å². The van der Waals surface area contributed by atoms with Gasteiger partial charge in [0.1, 0.15) is 0 Å². The molecule has 0 aliphatic carbocycles. The number of rotatable bonds is 9. The van der Waals surface area contributed by atoms with Crippen LogP contribution in [-0.2, 0) is 16.0 Å². The lowest BCUT2D eigenvalue weighted by atomic mass is 10.3. The molecule has 0 spiro atoms. The van der Waals surface area contributed by atoms with Crippen molar-refractivity contribution in [3.8, 4) is 0 Å². The third-order valence-corrected chi connectivity index (χ3v) is 2.31. The van der Waals surface area contributed by atoms with E-state index in [1.54, 1.807) is 11.8 Å². The van der Waals surface area contributed by atoms with E-state index < -0.39 is 0 Å². The highest BCUT2D eigenvalue weighted by Gasteiger charge is 2.12. The molecule has 1 aromatic heterocycles. The monoisotopic (exact) mass is 243 g/mol. The summed E-state index contributed by atoms with van der Waals surface area (Å²) >= 11 is 0. The standard InChI is InChI=1S/C10H21N5O2/c1-4-17-8-9(2)15-10(12-13-14-15)7-11-5-6-16-3/h9,11H,4-8H2,1-3H3. The third-order valence-electron chi connectivity index (χ3n) is 2.31. The van der Waals surface area contributed by atoms with Crippen LogP contribution in [0.3, 0.4) is 0 Å². The van der Waals surface area contributed by atoms with Gasteiger partial charge >= 0.3 is 0 Å². The summed E-state index contributed by atoms with van der Waals surface area (Å²) in [6, 6.07) is 0.143. The van der Waals surface area contributed by atoms with Gasteiger partial charge in [-0.3, -0.25) is 0 Å². The second kappa shape index (κ2) is 8.10. The molecule has 0 amide bonds. The second-order valence-corrected chi connectivity index (χ2v) is 3.72. The second-order valence-electron chi connectivity index (χ2n) is 3.72. The Bertz CT molecular complexity index is 305. The van der Waals surface area contributed by atoms with Gasteiger partial charge in [0.25, 0.3) is 0 Å². The van der Waals surface area contributed by atoms with Crippen molar-refractivity contribution in [1.29, 1.82) is 0 Å². The topological polar surface area (TPSA) is 74.1 Å². The first-order valence-corrected chi connectivity index (χ1v) is 5.83. The third kappa shape index (κ3) is 4.76. The van der Waals surface area contributed by atoms with Gasteiger partial charge in [-0.05, 0) is 24.3 Å². The summed E-state index contributed by atoms with van der Waals surface area (Å²) in [7, 11) is 1.68. The van der Waals surface area contributed by atoms with Crippen molar-refractivity contribution in [2.45, 2.75) is 26.4 Å². The van der Waals surface area contributed by atoms with E-state index >= 15 is 0 Å². The molecule has 0 aromatic carbocycles. The van der Waals surface area contributed by atoms with Crippen LogP contribution in [0.5, 0.6) is 0 Å². The summed E-state index contributed by atoms with van der Waals surface area (Å²) in [6.45, 7) is 7.41. The molecule has 7 nitrogen and oxygen atoms in total. The number of aromatic nitrogens is 4. The Hall–Kier alpha value is -1.05. The van der Waals surface area contributed by atoms with Crippen LogP contribution in [0, 0.1) is 0 Å². The van der Waals surface area contributed by atoms with Crippen LogP contribution in [0.2, 0.25) is 0 Å². The predicted molar refractivity (Wildman–Crippen MR) is 62.6 cm³/mol. The minimum Gasteiger partial charge on any atom is -0.383 e. The number of tetrazole rings is 1. The van der Waals surface area contributed by atoms with Gasteiger partial charge in [-0.1, -0.05) is 0 Å². The van der Waals surface area contributed by atoms with Crippen LogP contribution in [0.15, 0.2) is 0 Å². The van der Waals surface area contributed by atoms with Crippen molar-refractivity contribution in [2.24, 2.45) is 0 Å². The molecule has 0 aliphatic rings. The van der Waals surface area contributed by atoms with Gasteiger partial charge in [0, 0.05) is 20.3 Å². The van der Waals surface area contributed by atoms with Crippen LogP contribution in [0.1, 0.15) is 25.7 Å². The molecule has 0 radical (unpaired) electrons. The molecular weight excluding hydrogens is 222 g/mol. The maximum absolute atomic E-state index is 5.36. The molecule has 98 valence electrons. The summed E-state index contributed by atoms with van der Waals surface area (Å²) < 4.78 is 12.1. The van der Waals surface area contributed by atoms with E-state index in [2.05, 4.69) is 20.8 Å². The molecule has 7 heteroatoms. The van der Waals surface area contributed by atoms with Crippen LogP contribution in [0.25, 0.3) is 0 Å². The SMILES string of the molecule is CCOCC(C)n1nnnc1CNCCOC. The summed E-state index contributed by atoms with van der Waals surface area (Å²) in [5.74, 6) is 0.813. The van der Waals surface area contributed by atoms with Crippen LogP contribution >= 0.6 is 0 Å². The molecule has 17 heavy (non-hydrogen) atoms. The number of ether oxygens (including phenoxy) is 2. The number of nitrogens with one attached hydrogen (secondary N) is 1. The van der Waals surface area contributed by atoms with Gasteiger partial charge in [0.15, 0.2) is 5.82 Å². The van der Waals surface area contributed by atoms with Gasteiger partial charge in [-0.2, -0.15) is 0 Å². The van der Waals surface area contributed by atoms with E-state index in [0.29, 0.717) is 26.4 Å². The molecular formula is C10H21N5O2. The number of hydrogen-bond donors (Lipinski definition) is 1. The minimum absolute atomic E-state index is 0.143. The zero-order valence-electron chi connectivity index (χ0n) is 10.7. The molecule has 1 N–H and O–H groups in total. The molecule has 0 bridgehead atoms. The summed E-state index contributed by atoms with van der Waals surface area (Å²) in [5, 5.41) is 14.9. The van der Waals surface area contributed by atoms with E-state index in [-0.39, 0.29) is 6.04 Å². The maximum atomic E-state index is 5.36. The first-order valence-electron chi connectivity index (χ1n) is 5.83. The Balaban J connectivity index is 2.41. The van der Waals surface area contributed by atoms with Gasteiger partial charge < -0.3 is 14.8 Å².